The van der Waals surface area contributed by atoms with E-state index in [2.05, 4.69) is 51.2 Å². The standard InChI is InChI=1S/C28H27FN6O/c1-3-26(36)31-21-9-12-25(29)24(17-21)23-6-4-5-19-18-30-28(33-27(19)23)32-20-7-10-22(11-8-20)35-15-13-34(2)14-16-35/h3-12,17-18H,1,13-16H2,2H3,(H,31,36)(H,30,32,33). The van der Waals surface area contributed by atoms with Crippen molar-refractivity contribution in [3.8, 4) is 11.1 Å². The summed E-state index contributed by atoms with van der Waals surface area (Å²) in [6, 6.07) is 18.2. The first kappa shape index (κ1) is 23.4. The third-order valence-corrected chi connectivity index (χ3v) is 6.31. The first-order valence-corrected chi connectivity index (χ1v) is 11.8. The van der Waals surface area contributed by atoms with E-state index in [9.17, 15) is 9.18 Å². The Kier molecular flexibility index (Phi) is 6.60. The number of nitrogens with one attached hydrogen (secondary N) is 2. The molecule has 8 heteroatoms. The van der Waals surface area contributed by atoms with E-state index in [1.165, 1.54) is 23.9 Å². The van der Waals surface area contributed by atoms with E-state index in [1.807, 2.05) is 30.3 Å². The van der Waals surface area contributed by atoms with E-state index in [4.69, 9.17) is 4.98 Å². The van der Waals surface area contributed by atoms with Crippen molar-refractivity contribution in [2.24, 2.45) is 0 Å². The van der Waals surface area contributed by atoms with Gasteiger partial charge in [-0.2, -0.15) is 0 Å². The third-order valence-electron chi connectivity index (χ3n) is 6.31. The number of benzene rings is 3. The summed E-state index contributed by atoms with van der Waals surface area (Å²) in [7, 11) is 2.14. The van der Waals surface area contributed by atoms with Crippen molar-refractivity contribution in [3.05, 3.63) is 85.3 Å². The summed E-state index contributed by atoms with van der Waals surface area (Å²) in [5.41, 5.74) is 4.08. The van der Waals surface area contributed by atoms with Crippen LogP contribution in [0.15, 0.2) is 79.5 Å². The molecule has 1 fully saturated rings. The van der Waals surface area contributed by atoms with Crippen LogP contribution in [-0.2, 0) is 4.79 Å². The van der Waals surface area contributed by atoms with Gasteiger partial charge in [-0.3, -0.25) is 4.79 Å². The number of hydrogen-bond acceptors (Lipinski definition) is 6. The number of carbonyl (C=O) groups is 1. The van der Waals surface area contributed by atoms with E-state index in [0.717, 1.165) is 37.3 Å². The van der Waals surface area contributed by atoms with Crippen LogP contribution in [0.4, 0.5) is 27.4 Å². The number of hydrogen-bond donors (Lipinski definition) is 2. The molecule has 36 heavy (non-hydrogen) atoms. The van der Waals surface area contributed by atoms with E-state index in [0.29, 0.717) is 28.3 Å². The summed E-state index contributed by atoms with van der Waals surface area (Å²) in [5, 5.41) is 6.72. The van der Waals surface area contributed by atoms with Crippen LogP contribution in [0.2, 0.25) is 0 Å². The molecular formula is C28H27FN6O. The number of likely N-dealkylation sites (N-methyl/N-ethyl adjacent to an activating group) is 1. The quantitative estimate of drug-likeness (QED) is 0.375. The molecule has 5 rings (SSSR count). The Hall–Kier alpha value is -4.30. The lowest BCUT2D eigenvalue weighted by Crippen LogP contribution is -2.44. The van der Waals surface area contributed by atoms with Crippen molar-refractivity contribution in [1.29, 1.82) is 0 Å². The average molecular weight is 483 g/mol. The van der Waals surface area contributed by atoms with Gasteiger partial charge in [0.25, 0.3) is 0 Å². The number of piperazine rings is 1. The first-order valence-electron chi connectivity index (χ1n) is 11.8. The second-order valence-electron chi connectivity index (χ2n) is 8.79. The molecule has 7 nitrogen and oxygen atoms in total. The Morgan fingerprint density at radius 2 is 1.75 bits per heavy atom. The lowest BCUT2D eigenvalue weighted by molar-refractivity contribution is -0.111. The molecule has 0 radical (unpaired) electrons. The number of carbonyl (C=O) groups excluding carboxylic acids is 1. The summed E-state index contributed by atoms with van der Waals surface area (Å²) >= 11 is 0. The molecule has 182 valence electrons. The molecule has 1 aliphatic heterocycles. The summed E-state index contributed by atoms with van der Waals surface area (Å²) in [4.78, 5) is 25.6. The monoisotopic (exact) mass is 482 g/mol. The molecule has 0 bridgehead atoms. The molecule has 3 aromatic carbocycles. The highest BCUT2D eigenvalue weighted by atomic mass is 19.1. The predicted octanol–water partition coefficient (Wildman–Crippen LogP) is 5.06. The maximum atomic E-state index is 14.9. The Bertz CT molecular complexity index is 1410. The fraction of sp³-hybridized carbons (Fsp3) is 0.179. The van der Waals surface area contributed by atoms with Crippen molar-refractivity contribution in [2.75, 3.05) is 48.8 Å². The van der Waals surface area contributed by atoms with Crippen LogP contribution in [0.1, 0.15) is 0 Å². The van der Waals surface area contributed by atoms with Crippen LogP contribution >= 0.6 is 0 Å². The van der Waals surface area contributed by atoms with Gasteiger partial charge in [-0.05, 0) is 55.6 Å². The summed E-state index contributed by atoms with van der Waals surface area (Å²) in [6.07, 6.45) is 2.89. The van der Waals surface area contributed by atoms with Crippen molar-refractivity contribution in [3.63, 3.8) is 0 Å². The molecule has 0 atom stereocenters. The molecule has 0 saturated carbocycles. The highest BCUT2D eigenvalue weighted by molar-refractivity contribution is 6.00. The second-order valence-corrected chi connectivity index (χ2v) is 8.79. The smallest absolute Gasteiger partial charge is 0.247 e. The van der Waals surface area contributed by atoms with E-state index >= 15 is 0 Å². The summed E-state index contributed by atoms with van der Waals surface area (Å²) in [5.74, 6) is -0.358. The van der Waals surface area contributed by atoms with Crippen LogP contribution in [-0.4, -0.2) is 54.0 Å². The molecule has 0 aliphatic carbocycles. The molecule has 0 unspecified atom stereocenters. The summed E-state index contributed by atoms with van der Waals surface area (Å²) in [6.45, 7) is 7.58. The number of nitrogens with zero attached hydrogens (tertiary/aromatic N) is 4. The maximum absolute atomic E-state index is 14.9. The van der Waals surface area contributed by atoms with Gasteiger partial charge in [0.15, 0.2) is 0 Å². The fourth-order valence-corrected chi connectivity index (χ4v) is 4.29. The maximum Gasteiger partial charge on any atom is 0.247 e. The van der Waals surface area contributed by atoms with Crippen molar-refractivity contribution in [1.82, 2.24) is 14.9 Å². The lowest BCUT2D eigenvalue weighted by Gasteiger charge is -2.34. The largest absolute Gasteiger partial charge is 0.369 e. The van der Waals surface area contributed by atoms with Gasteiger partial charge in [-0.15, -0.1) is 0 Å². The molecule has 0 spiro atoms. The van der Waals surface area contributed by atoms with Crippen molar-refractivity contribution < 1.29 is 9.18 Å². The SMILES string of the molecule is C=CC(=O)Nc1ccc(F)c(-c2cccc3cnc(Nc4ccc(N5CCN(C)CC5)cc4)nc23)c1. The van der Waals surface area contributed by atoms with Gasteiger partial charge in [-0.25, -0.2) is 14.4 Å². The fourth-order valence-electron chi connectivity index (χ4n) is 4.29. The van der Waals surface area contributed by atoms with Gasteiger partial charge in [0.05, 0.1) is 5.52 Å². The van der Waals surface area contributed by atoms with Gasteiger partial charge in [-0.1, -0.05) is 24.8 Å². The van der Waals surface area contributed by atoms with Gasteiger partial charge in [0.2, 0.25) is 11.9 Å². The van der Waals surface area contributed by atoms with Crippen LogP contribution in [0, 0.1) is 5.82 Å². The molecule has 1 amide bonds. The Balaban J connectivity index is 1.42. The summed E-state index contributed by atoms with van der Waals surface area (Å²) < 4.78 is 14.9. The van der Waals surface area contributed by atoms with Crippen molar-refractivity contribution in [2.45, 2.75) is 0 Å². The van der Waals surface area contributed by atoms with E-state index in [1.54, 1.807) is 12.3 Å². The molecule has 4 aromatic rings. The zero-order chi connectivity index (χ0) is 25.1. The Morgan fingerprint density at radius 3 is 2.50 bits per heavy atom. The highest BCUT2D eigenvalue weighted by Crippen LogP contribution is 2.32. The molecule has 1 aliphatic rings. The third kappa shape index (κ3) is 5.04. The Morgan fingerprint density at radius 1 is 1.00 bits per heavy atom. The minimum absolute atomic E-state index is 0.337. The molecular weight excluding hydrogens is 455 g/mol. The zero-order valence-corrected chi connectivity index (χ0v) is 20.0. The number of aromatic nitrogens is 2. The number of halogens is 1. The zero-order valence-electron chi connectivity index (χ0n) is 20.0. The minimum Gasteiger partial charge on any atom is -0.369 e. The predicted molar refractivity (Wildman–Crippen MR) is 143 cm³/mol. The van der Waals surface area contributed by atoms with Gasteiger partial charge in [0, 0.05) is 66.0 Å². The van der Waals surface area contributed by atoms with E-state index < -0.39 is 5.82 Å². The number of para-hydroxylation sites is 1. The topological polar surface area (TPSA) is 73.4 Å². The molecule has 1 aromatic heterocycles. The Labute approximate surface area is 209 Å². The number of amides is 1. The normalized spacial score (nSPS) is 14.0. The number of rotatable bonds is 6. The van der Waals surface area contributed by atoms with E-state index in [-0.39, 0.29) is 5.91 Å². The van der Waals surface area contributed by atoms with Crippen LogP contribution in [0.25, 0.3) is 22.0 Å². The van der Waals surface area contributed by atoms with Gasteiger partial charge in [0.1, 0.15) is 5.82 Å². The number of anilines is 4. The van der Waals surface area contributed by atoms with Gasteiger partial charge >= 0.3 is 0 Å². The first-order chi connectivity index (χ1) is 17.5. The van der Waals surface area contributed by atoms with Crippen LogP contribution < -0.4 is 15.5 Å². The molecule has 1 saturated heterocycles. The molecule has 2 N–H and O–H groups in total. The molecule has 2 heterocycles. The number of fused-ring (bicyclic) bond motifs is 1. The minimum atomic E-state index is -0.410. The van der Waals surface area contributed by atoms with Crippen LogP contribution in [0.5, 0.6) is 0 Å². The average Bonchev–Trinajstić information content (AvgIpc) is 2.90. The van der Waals surface area contributed by atoms with Gasteiger partial charge < -0.3 is 20.4 Å². The second kappa shape index (κ2) is 10.1. The lowest BCUT2D eigenvalue weighted by atomic mass is 10.0. The van der Waals surface area contributed by atoms with Crippen LogP contribution in [0.3, 0.4) is 0 Å². The van der Waals surface area contributed by atoms with Crippen molar-refractivity contribution >= 4 is 39.8 Å². The highest BCUT2D eigenvalue weighted by Gasteiger charge is 2.15.